The van der Waals surface area contributed by atoms with E-state index in [1.807, 2.05) is 0 Å². The summed E-state index contributed by atoms with van der Waals surface area (Å²) in [6.07, 6.45) is 48.5. The van der Waals surface area contributed by atoms with E-state index in [4.69, 9.17) is 0 Å². The van der Waals surface area contributed by atoms with Crippen LogP contribution in [0.5, 0.6) is 0 Å². The third-order valence-corrected chi connectivity index (χ3v) is 7.98. The summed E-state index contributed by atoms with van der Waals surface area (Å²) in [7, 11) is 8.58. The van der Waals surface area contributed by atoms with Gasteiger partial charge in [-0.1, -0.05) is 113 Å². The minimum Gasteiger partial charge on any atom is -0.393 e. The largest absolute Gasteiger partial charge is 0.393 e. The number of unbranched alkanes of at least 4 members (excludes halogenated alkanes) is 16. The highest BCUT2D eigenvalue weighted by atomic mass is 16.3. The van der Waals surface area contributed by atoms with Crippen molar-refractivity contribution in [1.29, 1.82) is 0 Å². The van der Waals surface area contributed by atoms with Crippen LogP contribution in [0.1, 0.15) is 154 Å². The number of hydrogen-bond donors (Lipinski definition) is 1. The van der Waals surface area contributed by atoms with E-state index < -0.39 is 0 Å². The molecule has 0 fully saturated rings. The van der Waals surface area contributed by atoms with E-state index in [-0.39, 0.29) is 6.10 Å². The Kier molecular flexibility index (Phi) is 33.4. The molecule has 0 radical (unpaired) electrons. The Bertz CT molecular complexity index is 580. The molecular formula is C39H74N2O. The Morgan fingerprint density at radius 1 is 0.381 bits per heavy atom. The lowest BCUT2D eigenvalue weighted by molar-refractivity contribution is 0.147. The average molecular weight is 587 g/mol. The van der Waals surface area contributed by atoms with Crippen molar-refractivity contribution >= 4 is 0 Å². The fraction of sp³-hybridized carbons (Fsp3) is 0.795. The van der Waals surface area contributed by atoms with E-state index in [1.165, 1.54) is 142 Å². The first-order valence-electron chi connectivity index (χ1n) is 18.1. The highest BCUT2D eigenvalue weighted by molar-refractivity contribution is 4.93. The SMILES string of the molecule is CN(C)CCCC/C=C\C/C=C\CCCCCCCCC(O)CCCCCCCC/C=C\C/C=C\CCCCN(C)C. The number of aliphatic hydroxyl groups is 1. The molecule has 0 spiro atoms. The van der Waals surface area contributed by atoms with E-state index >= 15 is 0 Å². The predicted molar refractivity (Wildman–Crippen MR) is 190 cm³/mol. The van der Waals surface area contributed by atoms with Crippen molar-refractivity contribution in [2.24, 2.45) is 0 Å². The predicted octanol–water partition coefficient (Wildman–Crippen LogP) is 11.1. The van der Waals surface area contributed by atoms with Crippen LogP contribution < -0.4 is 0 Å². The lowest BCUT2D eigenvalue weighted by Gasteiger charge is -2.10. The molecule has 0 bridgehead atoms. The third-order valence-electron chi connectivity index (χ3n) is 7.98. The molecule has 0 atom stereocenters. The monoisotopic (exact) mass is 587 g/mol. The lowest BCUT2D eigenvalue weighted by atomic mass is 10.0. The highest BCUT2D eigenvalue weighted by Crippen LogP contribution is 2.15. The van der Waals surface area contributed by atoms with E-state index in [1.54, 1.807) is 0 Å². The summed E-state index contributed by atoms with van der Waals surface area (Å²) in [5.41, 5.74) is 0. The number of rotatable bonds is 32. The van der Waals surface area contributed by atoms with Crippen LogP contribution in [0.2, 0.25) is 0 Å². The van der Waals surface area contributed by atoms with Gasteiger partial charge in [-0.05, 0) is 131 Å². The van der Waals surface area contributed by atoms with E-state index in [2.05, 4.69) is 86.6 Å². The topological polar surface area (TPSA) is 26.7 Å². The molecule has 0 aromatic heterocycles. The van der Waals surface area contributed by atoms with Gasteiger partial charge in [0.2, 0.25) is 0 Å². The first kappa shape index (κ1) is 40.8. The summed E-state index contributed by atoms with van der Waals surface area (Å²) in [6, 6.07) is 0. The van der Waals surface area contributed by atoms with Crippen molar-refractivity contribution in [1.82, 2.24) is 9.80 Å². The molecule has 0 aromatic carbocycles. The average Bonchev–Trinajstić information content (AvgIpc) is 2.96. The van der Waals surface area contributed by atoms with E-state index in [9.17, 15) is 5.11 Å². The molecule has 3 nitrogen and oxygen atoms in total. The van der Waals surface area contributed by atoms with Gasteiger partial charge in [-0.25, -0.2) is 0 Å². The Balaban J connectivity index is 3.31. The smallest absolute Gasteiger partial charge is 0.0540 e. The van der Waals surface area contributed by atoms with Gasteiger partial charge in [0, 0.05) is 0 Å². The van der Waals surface area contributed by atoms with Crippen molar-refractivity contribution < 1.29 is 5.11 Å². The second kappa shape index (κ2) is 34.3. The van der Waals surface area contributed by atoms with Gasteiger partial charge < -0.3 is 14.9 Å². The van der Waals surface area contributed by atoms with Gasteiger partial charge in [-0.2, -0.15) is 0 Å². The maximum Gasteiger partial charge on any atom is 0.0540 e. The summed E-state index contributed by atoms with van der Waals surface area (Å²) >= 11 is 0. The summed E-state index contributed by atoms with van der Waals surface area (Å²) in [6.45, 7) is 2.40. The molecule has 0 unspecified atom stereocenters. The van der Waals surface area contributed by atoms with Crippen LogP contribution >= 0.6 is 0 Å². The van der Waals surface area contributed by atoms with Crippen molar-refractivity contribution in [3.8, 4) is 0 Å². The molecule has 0 aliphatic carbocycles. The molecule has 0 amide bonds. The summed E-state index contributed by atoms with van der Waals surface area (Å²) in [4.78, 5) is 4.52. The fourth-order valence-corrected chi connectivity index (χ4v) is 5.24. The van der Waals surface area contributed by atoms with Crippen LogP contribution in [-0.4, -0.2) is 62.3 Å². The number of nitrogens with zero attached hydrogens (tertiary/aromatic N) is 2. The molecule has 0 aliphatic rings. The summed E-state index contributed by atoms with van der Waals surface area (Å²) in [5.74, 6) is 0. The molecule has 0 rings (SSSR count). The molecule has 0 aromatic rings. The zero-order chi connectivity index (χ0) is 30.8. The van der Waals surface area contributed by atoms with Crippen molar-refractivity contribution in [2.45, 2.75) is 160 Å². The van der Waals surface area contributed by atoms with Crippen molar-refractivity contribution in [3.05, 3.63) is 48.6 Å². The standard InChI is InChI=1S/C39H74N2O/c1-40(2)37-33-29-25-21-17-13-9-5-7-11-15-19-23-27-31-35-39(42)36-32-28-24-20-16-12-8-6-10-14-18-22-26-30-34-38-41(3)4/h5-6,9-10,17-18,21-22,39,42H,7-8,11-16,19-20,23-38H2,1-4H3/b9-5-,10-6-,21-17-,22-18-. The molecule has 1 N–H and O–H groups in total. The molecule has 3 heteroatoms. The quantitative estimate of drug-likeness (QED) is 0.0627. The van der Waals surface area contributed by atoms with Gasteiger partial charge in [-0.3, -0.25) is 0 Å². The van der Waals surface area contributed by atoms with Crippen LogP contribution in [0.15, 0.2) is 48.6 Å². The minimum atomic E-state index is -0.0699. The number of aliphatic hydroxyl groups excluding tert-OH is 1. The third kappa shape index (κ3) is 36.9. The first-order chi connectivity index (χ1) is 20.5. The van der Waals surface area contributed by atoms with Gasteiger partial charge in [-0.15, -0.1) is 0 Å². The second-order valence-corrected chi connectivity index (χ2v) is 13.0. The molecule has 246 valence electrons. The van der Waals surface area contributed by atoms with Crippen molar-refractivity contribution in [3.63, 3.8) is 0 Å². The number of allylic oxidation sites excluding steroid dienone is 8. The van der Waals surface area contributed by atoms with Crippen LogP contribution in [0.4, 0.5) is 0 Å². The lowest BCUT2D eigenvalue weighted by Crippen LogP contribution is -2.12. The Morgan fingerprint density at radius 3 is 1.00 bits per heavy atom. The zero-order valence-corrected chi connectivity index (χ0v) is 28.9. The molecular weight excluding hydrogens is 512 g/mol. The van der Waals surface area contributed by atoms with Crippen LogP contribution in [0.3, 0.4) is 0 Å². The minimum absolute atomic E-state index is 0.0699. The zero-order valence-electron chi connectivity index (χ0n) is 28.9. The van der Waals surface area contributed by atoms with Gasteiger partial charge >= 0.3 is 0 Å². The molecule has 42 heavy (non-hydrogen) atoms. The highest BCUT2D eigenvalue weighted by Gasteiger charge is 2.03. The van der Waals surface area contributed by atoms with E-state index in [0.29, 0.717) is 0 Å². The maximum absolute atomic E-state index is 10.3. The normalized spacial score (nSPS) is 12.8. The number of hydrogen-bond acceptors (Lipinski definition) is 3. The summed E-state index contributed by atoms with van der Waals surface area (Å²) in [5, 5.41) is 10.3. The van der Waals surface area contributed by atoms with Crippen molar-refractivity contribution in [2.75, 3.05) is 41.3 Å². The van der Waals surface area contributed by atoms with Gasteiger partial charge in [0.25, 0.3) is 0 Å². The molecule has 0 saturated carbocycles. The molecule has 0 saturated heterocycles. The van der Waals surface area contributed by atoms with Gasteiger partial charge in [0.1, 0.15) is 0 Å². The Morgan fingerprint density at radius 2 is 0.667 bits per heavy atom. The maximum atomic E-state index is 10.3. The van der Waals surface area contributed by atoms with Crippen LogP contribution in [-0.2, 0) is 0 Å². The molecule has 0 aliphatic heterocycles. The van der Waals surface area contributed by atoms with E-state index in [0.717, 1.165) is 25.7 Å². The van der Waals surface area contributed by atoms with Gasteiger partial charge in [0.05, 0.1) is 6.10 Å². The summed E-state index contributed by atoms with van der Waals surface area (Å²) < 4.78 is 0. The Hall–Kier alpha value is -1.16. The van der Waals surface area contributed by atoms with Crippen LogP contribution in [0, 0.1) is 0 Å². The van der Waals surface area contributed by atoms with Crippen LogP contribution in [0.25, 0.3) is 0 Å². The van der Waals surface area contributed by atoms with Gasteiger partial charge in [0.15, 0.2) is 0 Å². The first-order valence-corrected chi connectivity index (χ1v) is 18.1. The second-order valence-electron chi connectivity index (χ2n) is 13.0. The fourth-order valence-electron chi connectivity index (χ4n) is 5.24. The molecule has 0 heterocycles. The Labute approximate surface area is 264 Å².